The van der Waals surface area contributed by atoms with Crippen LogP contribution in [0, 0.1) is 11.8 Å². The quantitative estimate of drug-likeness (QED) is 0.907. The van der Waals surface area contributed by atoms with Crippen LogP contribution in [-0.4, -0.2) is 29.8 Å². The lowest BCUT2D eigenvalue weighted by Gasteiger charge is -2.36. The second kappa shape index (κ2) is 5.54. The van der Waals surface area contributed by atoms with E-state index in [1.54, 1.807) is 0 Å². The molecule has 124 valence electrons. The highest BCUT2D eigenvalue weighted by Gasteiger charge is 2.47. The normalized spacial score (nSPS) is 27.6. The van der Waals surface area contributed by atoms with E-state index in [-0.39, 0.29) is 36.4 Å². The highest BCUT2D eigenvalue weighted by Crippen LogP contribution is 2.42. The maximum atomic E-state index is 13.3. The monoisotopic (exact) mass is 326 g/mol. The van der Waals surface area contributed by atoms with E-state index in [2.05, 4.69) is 5.32 Å². The third kappa shape index (κ3) is 2.92. The van der Waals surface area contributed by atoms with Crippen LogP contribution in [0.5, 0.6) is 0 Å². The molecule has 23 heavy (non-hydrogen) atoms. The molecule has 0 spiro atoms. The zero-order valence-electron chi connectivity index (χ0n) is 12.6. The Morgan fingerprint density at radius 2 is 1.96 bits per heavy atom. The number of rotatable bonds is 2. The van der Waals surface area contributed by atoms with E-state index in [1.807, 2.05) is 6.92 Å². The van der Waals surface area contributed by atoms with Gasteiger partial charge in [-0.15, -0.1) is 0 Å². The summed E-state index contributed by atoms with van der Waals surface area (Å²) >= 11 is 0. The molecule has 7 heteroatoms. The first-order chi connectivity index (χ1) is 10.8. The molecule has 0 aromatic heterocycles. The first kappa shape index (κ1) is 15.8. The number of halogens is 3. The van der Waals surface area contributed by atoms with Crippen LogP contribution in [0.25, 0.3) is 0 Å². The molecule has 1 aromatic carbocycles. The standard InChI is InChI=1S/C16H17F3N2O2/c1-9-8-11(9)15(23)21-7-6-20-14(22)13(21)10-4-2-3-5-12(10)16(17,18)19/h2-5,9,11,13H,6-8H2,1H3,(H,20,22). The Hall–Kier alpha value is -2.05. The van der Waals surface area contributed by atoms with Crippen LogP contribution in [0.15, 0.2) is 24.3 Å². The van der Waals surface area contributed by atoms with E-state index in [0.29, 0.717) is 0 Å². The number of benzene rings is 1. The van der Waals surface area contributed by atoms with Gasteiger partial charge in [-0.3, -0.25) is 9.59 Å². The molecule has 2 aliphatic rings. The van der Waals surface area contributed by atoms with Crippen LogP contribution in [0.1, 0.15) is 30.5 Å². The number of amides is 2. The van der Waals surface area contributed by atoms with Gasteiger partial charge in [0.1, 0.15) is 6.04 Å². The summed E-state index contributed by atoms with van der Waals surface area (Å²) in [7, 11) is 0. The molecule has 3 unspecified atom stereocenters. The summed E-state index contributed by atoms with van der Waals surface area (Å²) < 4.78 is 39.8. The second-order valence-corrected chi connectivity index (χ2v) is 6.13. The Morgan fingerprint density at radius 1 is 1.30 bits per heavy atom. The van der Waals surface area contributed by atoms with Crippen LogP contribution < -0.4 is 5.32 Å². The van der Waals surface area contributed by atoms with E-state index in [0.717, 1.165) is 12.5 Å². The maximum absolute atomic E-state index is 13.3. The van der Waals surface area contributed by atoms with E-state index in [9.17, 15) is 22.8 Å². The molecular formula is C16H17F3N2O2. The number of nitrogens with zero attached hydrogens (tertiary/aromatic N) is 1. The second-order valence-electron chi connectivity index (χ2n) is 6.13. The van der Waals surface area contributed by atoms with Gasteiger partial charge in [0.2, 0.25) is 11.8 Å². The van der Waals surface area contributed by atoms with E-state index in [1.165, 1.54) is 23.1 Å². The summed E-state index contributed by atoms with van der Waals surface area (Å²) in [4.78, 5) is 26.1. The van der Waals surface area contributed by atoms with Gasteiger partial charge in [0.15, 0.2) is 0 Å². The van der Waals surface area contributed by atoms with Crippen LogP contribution >= 0.6 is 0 Å². The molecule has 3 rings (SSSR count). The highest BCUT2D eigenvalue weighted by atomic mass is 19.4. The lowest BCUT2D eigenvalue weighted by molar-refractivity contribution is -0.147. The van der Waals surface area contributed by atoms with Crippen molar-refractivity contribution in [3.8, 4) is 0 Å². The van der Waals surface area contributed by atoms with Crippen LogP contribution in [-0.2, 0) is 15.8 Å². The molecule has 2 fully saturated rings. The summed E-state index contributed by atoms with van der Waals surface area (Å²) in [6.45, 7) is 2.41. The van der Waals surface area contributed by atoms with Gasteiger partial charge in [0.25, 0.3) is 0 Å². The van der Waals surface area contributed by atoms with E-state index >= 15 is 0 Å². The first-order valence-corrected chi connectivity index (χ1v) is 7.55. The topological polar surface area (TPSA) is 49.4 Å². The van der Waals surface area contributed by atoms with E-state index < -0.39 is 23.7 Å². The van der Waals surface area contributed by atoms with Crippen molar-refractivity contribution in [3.05, 3.63) is 35.4 Å². The van der Waals surface area contributed by atoms with Crippen molar-refractivity contribution in [2.75, 3.05) is 13.1 Å². The Balaban J connectivity index is 2.00. The molecule has 1 aliphatic carbocycles. The SMILES string of the molecule is CC1CC1C(=O)N1CCNC(=O)C1c1ccccc1C(F)(F)F. The Kier molecular flexibility index (Phi) is 3.82. The van der Waals surface area contributed by atoms with Gasteiger partial charge < -0.3 is 10.2 Å². The fraction of sp³-hybridized carbons (Fsp3) is 0.500. The van der Waals surface area contributed by atoms with E-state index in [4.69, 9.17) is 0 Å². The molecule has 1 N–H and O–H groups in total. The van der Waals surface area contributed by atoms with Gasteiger partial charge >= 0.3 is 6.18 Å². The lowest BCUT2D eigenvalue weighted by atomic mass is 9.96. The fourth-order valence-electron chi connectivity index (χ4n) is 3.09. The highest BCUT2D eigenvalue weighted by molar-refractivity contribution is 5.91. The molecule has 0 radical (unpaired) electrons. The van der Waals surface area contributed by atoms with Crippen molar-refractivity contribution in [3.63, 3.8) is 0 Å². The Morgan fingerprint density at radius 3 is 2.57 bits per heavy atom. The molecule has 1 saturated heterocycles. The van der Waals surface area contributed by atoms with Gasteiger partial charge in [0, 0.05) is 19.0 Å². The van der Waals surface area contributed by atoms with Gasteiger partial charge in [-0.05, 0) is 24.0 Å². The number of hydrogen-bond acceptors (Lipinski definition) is 2. The van der Waals surface area contributed by atoms with Crippen molar-refractivity contribution < 1.29 is 22.8 Å². The lowest BCUT2D eigenvalue weighted by Crippen LogP contribution is -2.53. The zero-order valence-corrected chi connectivity index (χ0v) is 12.6. The van der Waals surface area contributed by atoms with Gasteiger partial charge in [0.05, 0.1) is 5.56 Å². The van der Waals surface area contributed by atoms with Gasteiger partial charge in [-0.2, -0.15) is 13.2 Å². The largest absolute Gasteiger partial charge is 0.416 e. The summed E-state index contributed by atoms with van der Waals surface area (Å²) in [5, 5.41) is 2.56. The number of carbonyl (C=O) groups excluding carboxylic acids is 2. The van der Waals surface area contributed by atoms with Gasteiger partial charge in [-0.25, -0.2) is 0 Å². The smallest absolute Gasteiger partial charge is 0.352 e. The average molecular weight is 326 g/mol. The van der Waals surface area contributed by atoms with Crippen molar-refractivity contribution in [2.45, 2.75) is 25.6 Å². The zero-order chi connectivity index (χ0) is 16.8. The predicted molar refractivity (Wildman–Crippen MR) is 76.2 cm³/mol. The van der Waals surface area contributed by atoms with Gasteiger partial charge in [-0.1, -0.05) is 25.1 Å². The molecule has 1 aliphatic heterocycles. The molecule has 0 bridgehead atoms. The molecule has 1 saturated carbocycles. The van der Waals surface area contributed by atoms with Crippen molar-refractivity contribution in [2.24, 2.45) is 11.8 Å². The maximum Gasteiger partial charge on any atom is 0.416 e. The first-order valence-electron chi connectivity index (χ1n) is 7.55. The molecule has 4 nitrogen and oxygen atoms in total. The summed E-state index contributed by atoms with van der Waals surface area (Å²) in [6, 6.07) is 3.73. The number of carbonyl (C=O) groups is 2. The minimum atomic E-state index is -4.57. The van der Waals surface area contributed by atoms with Crippen molar-refractivity contribution >= 4 is 11.8 Å². The molecular weight excluding hydrogens is 309 g/mol. The number of alkyl halides is 3. The summed E-state index contributed by atoms with van der Waals surface area (Å²) in [6.07, 6.45) is -3.85. The molecule has 1 aromatic rings. The minimum Gasteiger partial charge on any atom is -0.352 e. The Bertz CT molecular complexity index is 644. The number of hydrogen-bond donors (Lipinski definition) is 1. The molecule has 3 atom stereocenters. The third-order valence-corrected chi connectivity index (χ3v) is 4.48. The summed E-state index contributed by atoms with van der Waals surface area (Å²) in [5.74, 6) is -0.739. The van der Waals surface area contributed by atoms with Crippen molar-refractivity contribution in [1.82, 2.24) is 10.2 Å². The summed E-state index contributed by atoms with van der Waals surface area (Å²) in [5.41, 5.74) is -1.04. The van der Waals surface area contributed by atoms with Crippen LogP contribution in [0.2, 0.25) is 0 Å². The average Bonchev–Trinajstić information content (AvgIpc) is 3.22. The molecule has 2 amide bonds. The van der Waals surface area contributed by atoms with Crippen LogP contribution in [0.4, 0.5) is 13.2 Å². The number of nitrogens with one attached hydrogen (secondary N) is 1. The van der Waals surface area contributed by atoms with Crippen LogP contribution in [0.3, 0.4) is 0 Å². The molecule has 1 heterocycles. The van der Waals surface area contributed by atoms with Crippen molar-refractivity contribution in [1.29, 1.82) is 0 Å². The Labute approximate surface area is 131 Å². The minimum absolute atomic E-state index is 0.168. The third-order valence-electron chi connectivity index (χ3n) is 4.48. The predicted octanol–water partition coefficient (Wildman–Crippen LogP) is 2.36. The number of piperazine rings is 1. The fourth-order valence-corrected chi connectivity index (χ4v) is 3.09.